The standard InChI is InChI=1S/C36H54N4.2ClH.Ni/c1-24(2)31-19-28(9)20-32(25(3)4)35(31)38-15-17-40(23-30-13-11-12-14-37-30)18-16-39-36-33(26(5)6)21-29(10)22-34(36)27(7)8;;;/h11-14,19-22,24-27,38-39H,15-18,23H2,1-10H3;2*1H;/q;;;+2/p-2. The van der Waals surface area contributed by atoms with Crippen LogP contribution in [0.25, 0.3) is 0 Å². The van der Waals surface area contributed by atoms with Gasteiger partial charge in [-0.15, -0.1) is 0 Å². The van der Waals surface area contributed by atoms with Crippen LogP contribution in [-0.4, -0.2) is 36.1 Å². The fourth-order valence-electron chi connectivity index (χ4n) is 5.58. The maximum absolute atomic E-state index is 4.64. The van der Waals surface area contributed by atoms with Gasteiger partial charge in [-0.1, -0.05) is 96.8 Å². The first-order valence-electron chi connectivity index (χ1n) is 15.4. The molecule has 0 amide bonds. The van der Waals surface area contributed by atoms with Gasteiger partial charge in [0.05, 0.1) is 5.69 Å². The van der Waals surface area contributed by atoms with Gasteiger partial charge >= 0.3 is 16.5 Å². The van der Waals surface area contributed by atoms with Crippen LogP contribution in [-0.2, 0) is 23.0 Å². The molecule has 43 heavy (non-hydrogen) atoms. The van der Waals surface area contributed by atoms with Gasteiger partial charge in [-0.05, 0) is 71.9 Å². The summed E-state index contributed by atoms with van der Waals surface area (Å²) in [5.41, 5.74) is 12.1. The number of aromatic nitrogens is 1. The molecule has 0 atom stereocenters. The van der Waals surface area contributed by atoms with Crippen LogP contribution in [0.2, 0.25) is 0 Å². The minimum absolute atomic E-state index is 0. The molecule has 7 heteroatoms. The van der Waals surface area contributed by atoms with Gasteiger partial charge in [-0.3, -0.25) is 9.88 Å². The third-order valence-electron chi connectivity index (χ3n) is 7.75. The first-order valence-corrected chi connectivity index (χ1v) is 15.4. The van der Waals surface area contributed by atoms with Gasteiger partial charge in [0.2, 0.25) is 0 Å². The largest absolute Gasteiger partial charge is 2.00 e. The fraction of sp³-hybridized carbons (Fsp3) is 0.528. The van der Waals surface area contributed by atoms with Crippen molar-refractivity contribution in [3.63, 3.8) is 0 Å². The van der Waals surface area contributed by atoms with E-state index >= 15 is 0 Å². The van der Waals surface area contributed by atoms with E-state index in [4.69, 9.17) is 0 Å². The third-order valence-corrected chi connectivity index (χ3v) is 7.75. The van der Waals surface area contributed by atoms with Crippen molar-refractivity contribution >= 4 is 11.4 Å². The summed E-state index contributed by atoms with van der Waals surface area (Å²) >= 11 is 0. The number of halogens is 2. The van der Waals surface area contributed by atoms with E-state index in [0.717, 1.165) is 38.4 Å². The summed E-state index contributed by atoms with van der Waals surface area (Å²) in [6.07, 6.45) is 1.90. The number of nitrogens with zero attached hydrogens (tertiary/aromatic N) is 2. The summed E-state index contributed by atoms with van der Waals surface area (Å²) in [6.45, 7) is 27.3. The molecule has 0 unspecified atom stereocenters. The summed E-state index contributed by atoms with van der Waals surface area (Å²) in [7, 11) is 0. The quantitative estimate of drug-likeness (QED) is 0.259. The molecular formula is C36H54Cl2N4Ni. The SMILES string of the molecule is Cc1cc(C(C)C)c(NCCN(CCNc2c(C(C)C)cc(C)cc2C(C)C)Cc2ccccn2)c(C(C)C)c1.[Cl-].[Cl-].[Ni+2]. The Balaban J connectivity index is 0.00000588. The fourth-order valence-corrected chi connectivity index (χ4v) is 5.58. The van der Waals surface area contributed by atoms with E-state index < -0.39 is 0 Å². The summed E-state index contributed by atoms with van der Waals surface area (Å²) in [5.74, 6) is 1.92. The van der Waals surface area contributed by atoms with E-state index in [1.165, 1.54) is 44.8 Å². The Labute approximate surface area is 285 Å². The average molecular weight is 672 g/mol. The van der Waals surface area contributed by atoms with Gasteiger partial charge < -0.3 is 35.4 Å². The first-order chi connectivity index (χ1) is 19.0. The molecule has 0 aliphatic carbocycles. The monoisotopic (exact) mass is 670 g/mol. The van der Waals surface area contributed by atoms with Crippen molar-refractivity contribution in [1.29, 1.82) is 0 Å². The molecule has 2 aromatic carbocycles. The normalized spacial score (nSPS) is 11.0. The van der Waals surface area contributed by atoms with Gasteiger partial charge in [0.15, 0.2) is 0 Å². The molecule has 0 fully saturated rings. The molecule has 1 heterocycles. The molecule has 3 rings (SSSR count). The second kappa shape index (κ2) is 19.6. The second-order valence-electron chi connectivity index (χ2n) is 12.7. The van der Waals surface area contributed by atoms with E-state index in [1.807, 2.05) is 12.3 Å². The maximum Gasteiger partial charge on any atom is 2.00 e. The number of nitrogens with one attached hydrogen (secondary N) is 2. The minimum atomic E-state index is 0. The molecule has 0 aliphatic rings. The predicted molar refractivity (Wildman–Crippen MR) is 175 cm³/mol. The molecule has 4 nitrogen and oxygen atoms in total. The van der Waals surface area contributed by atoms with Crippen molar-refractivity contribution in [2.75, 3.05) is 36.8 Å². The molecule has 3 aromatic rings. The van der Waals surface area contributed by atoms with Crippen LogP contribution in [0.1, 0.15) is 118 Å². The summed E-state index contributed by atoms with van der Waals surface area (Å²) < 4.78 is 0. The van der Waals surface area contributed by atoms with Crippen molar-refractivity contribution in [1.82, 2.24) is 9.88 Å². The number of rotatable bonds is 14. The van der Waals surface area contributed by atoms with Crippen LogP contribution in [0, 0.1) is 13.8 Å². The van der Waals surface area contributed by atoms with Crippen LogP contribution >= 0.6 is 0 Å². The predicted octanol–water partition coefficient (Wildman–Crippen LogP) is 3.22. The number of anilines is 2. The molecule has 2 N–H and O–H groups in total. The Hall–Kier alpha value is -1.78. The Kier molecular flexibility index (Phi) is 18.8. The van der Waals surface area contributed by atoms with E-state index in [9.17, 15) is 0 Å². The molecule has 0 saturated heterocycles. The number of aryl methyl sites for hydroxylation is 2. The van der Waals surface area contributed by atoms with Crippen molar-refractivity contribution in [2.24, 2.45) is 0 Å². The van der Waals surface area contributed by atoms with Gasteiger partial charge in [0, 0.05) is 50.3 Å². The molecule has 0 aliphatic heterocycles. The molecule has 242 valence electrons. The summed E-state index contributed by atoms with van der Waals surface area (Å²) in [5, 5.41) is 7.74. The Bertz CT molecular complexity index is 1100. The Morgan fingerprint density at radius 2 is 1.00 bits per heavy atom. The van der Waals surface area contributed by atoms with Gasteiger partial charge in [0.1, 0.15) is 0 Å². The van der Waals surface area contributed by atoms with Gasteiger partial charge in [0.25, 0.3) is 0 Å². The summed E-state index contributed by atoms with van der Waals surface area (Å²) in [6, 6.07) is 15.6. The molecular weight excluding hydrogens is 618 g/mol. The molecule has 0 radical (unpaired) electrons. The van der Waals surface area contributed by atoms with Crippen LogP contribution in [0.3, 0.4) is 0 Å². The maximum atomic E-state index is 4.64. The topological polar surface area (TPSA) is 40.2 Å². The number of pyridine rings is 1. The van der Waals surface area contributed by atoms with Crippen molar-refractivity contribution in [3.8, 4) is 0 Å². The van der Waals surface area contributed by atoms with Crippen LogP contribution < -0.4 is 35.4 Å². The molecule has 0 saturated carbocycles. The zero-order valence-corrected chi connectivity index (χ0v) is 30.4. The number of benzene rings is 2. The van der Waals surface area contributed by atoms with E-state index in [1.54, 1.807) is 0 Å². The molecule has 1 aromatic heterocycles. The smallest absolute Gasteiger partial charge is 1.00 e. The second-order valence-corrected chi connectivity index (χ2v) is 12.7. The van der Waals surface area contributed by atoms with Crippen LogP contribution in [0.15, 0.2) is 48.7 Å². The van der Waals surface area contributed by atoms with Crippen molar-refractivity contribution < 1.29 is 41.3 Å². The van der Waals surface area contributed by atoms with Crippen molar-refractivity contribution in [2.45, 2.75) is 99.5 Å². The van der Waals surface area contributed by atoms with Gasteiger partial charge in [-0.25, -0.2) is 0 Å². The molecule has 0 bridgehead atoms. The van der Waals surface area contributed by atoms with Gasteiger partial charge in [-0.2, -0.15) is 0 Å². The van der Waals surface area contributed by atoms with Crippen LogP contribution in [0.5, 0.6) is 0 Å². The van der Waals surface area contributed by atoms with Crippen LogP contribution in [0.4, 0.5) is 11.4 Å². The number of hydrogen-bond acceptors (Lipinski definition) is 4. The Morgan fingerprint density at radius 3 is 1.30 bits per heavy atom. The zero-order valence-electron chi connectivity index (χ0n) is 27.9. The summed E-state index contributed by atoms with van der Waals surface area (Å²) in [4.78, 5) is 7.16. The average Bonchev–Trinajstić information content (AvgIpc) is 2.89. The minimum Gasteiger partial charge on any atom is -1.00 e. The molecule has 0 spiro atoms. The van der Waals surface area contributed by atoms with E-state index in [0.29, 0.717) is 23.7 Å². The van der Waals surface area contributed by atoms with E-state index in [-0.39, 0.29) is 41.3 Å². The Morgan fingerprint density at radius 1 is 0.628 bits per heavy atom. The first kappa shape index (κ1) is 41.2. The zero-order chi connectivity index (χ0) is 29.4. The van der Waals surface area contributed by atoms with Crippen molar-refractivity contribution in [3.05, 3.63) is 87.7 Å². The number of hydrogen-bond donors (Lipinski definition) is 2. The van der Waals surface area contributed by atoms with E-state index in [2.05, 4.69) is 126 Å². The third kappa shape index (κ3) is 11.9.